The van der Waals surface area contributed by atoms with Gasteiger partial charge in [-0.3, -0.25) is 0 Å². The molecule has 0 amide bonds. The van der Waals surface area contributed by atoms with Crippen LogP contribution in [0, 0.1) is 0 Å². The van der Waals surface area contributed by atoms with Crippen molar-refractivity contribution in [3.05, 3.63) is 30.3 Å². The van der Waals surface area contributed by atoms with Gasteiger partial charge in [-0.1, -0.05) is 30.0 Å². The van der Waals surface area contributed by atoms with Crippen LogP contribution in [0.15, 0.2) is 44.4 Å². The number of aromatic nitrogens is 2. The first-order chi connectivity index (χ1) is 10.4. The van der Waals surface area contributed by atoms with Gasteiger partial charge in [0.25, 0.3) is 11.1 Å². The number of benzene rings is 1. The van der Waals surface area contributed by atoms with Gasteiger partial charge < -0.3 is 18.7 Å². The highest BCUT2D eigenvalue weighted by atomic mass is 32.2. The molecule has 3 rings (SSSR count). The number of aliphatic hydroxyl groups excluding tert-OH is 1. The Bertz CT molecular complexity index is 677. The minimum atomic E-state index is 0.0292. The molecule has 0 saturated heterocycles. The molecule has 1 N–H and O–H groups in total. The standard InChI is InChI=1S/C14H14N2O4S/c17-5-6-18-7-8-21-14-16-15-13(20-14)12-9-10-3-1-2-4-11(10)19-12/h1-4,9,17H,5-8H2. The van der Waals surface area contributed by atoms with Crippen LogP contribution in [-0.4, -0.2) is 40.9 Å². The molecule has 1 aromatic carbocycles. The summed E-state index contributed by atoms with van der Waals surface area (Å²) in [5, 5.41) is 18.0. The molecule has 0 saturated carbocycles. The van der Waals surface area contributed by atoms with Crippen LogP contribution in [0.4, 0.5) is 0 Å². The van der Waals surface area contributed by atoms with Crippen LogP contribution in [0.1, 0.15) is 0 Å². The first-order valence-electron chi connectivity index (χ1n) is 6.50. The van der Waals surface area contributed by atoms with Gasteiger partial charge in [-0.15, -0.1) is 10.2 Å². The van der Waals surface area contributed by atoms with Crippen molar-refractivity contribution in [3.63, 3.8) is 0 Å². The molecule has 0 fully saturated rings. The molecule has 0 aliphatic rings. The third-order valence-electron chi connectivity index (χ3n) is 2.73. The van der Waals surface area contributed by atoms with E-state index in [1.54, 1.807) is 0 Å². The number of aliphatic hydroxyl groups is 1. The topological polar surface area (TPSA) is 81.5 Å². The van der Waals surface area contributed by atoms with E-state index in [2.05, 4.69) is 10.2 Å². The first-order valence-corrected chi connectivity index (χ1v) is 7.49. The van der Waals surface area contributed by atoms with Crippen LogP contribution in [0.2, 0.25) is 0 Å². The molecule has 0 bridgehead atoms. The fourth-order valence-electron chi connectivity index (χ4n) is 1.81. The Morgan fingerprint density at radius 2 is 2.05 bits per heavy atom. The van der Waals surface area contributed by atoms with E-state index in [0.29, 0.717) is 35.8 Å². The number of hydrogen-bond donors (Lipinski definition) is 1. The lowest BCUT2D eigenvalue weighted by atomic mass is 10.2. The molecule has 7 heteroatoms. The van der Waals surface area contributed by atoms with Gasteiger partial charge in [0.2, 0.25) is 0 Å². The van der Waals surface area contributed by atoms with Crippen molar-refractivity contribution in [2.45, 2.75) is 5.22 Å². The second-order valence-corrected chi connectivity index (χ2v) is 5.25. The smallest absolute Gasteiger partial charge is 0.284 e. The van der Waals surface area contributed by atoms with Gasteiger partial charge in [0, 0.05) is 11.1 Å². The van der Waals surface area contributed by atoms with Gasteiger partial charge in [0.1, 0.15) is 5.58 Å². The lowest BCUT2D eigenvalue weighted by Gasteiger charge is -1.98. The van der Waals surface area contributed by atoms with Crippen LogP contribution in [0.5, 0.6) is 0 Å². The molecular formula is C14H14N2O4S. The normalized spacial score (nSPS) is 11.3. The van der Waals surface area contributed by atoms with Crippen molar-refractivity contribution in [1.82, 2.24) is 10.2 Å². The van der Waals surface area contributed by atoms with Crippen molar-refractivity contribution >= 4 is 22.7 Å². The minimum Gasteiger partial charge on any atom is -0.451 e. The van der Waals surface area contributed by atoms with Crippen molar-refractivity contribution in [2.24, 2.45) is 0 Å². The molecule has 21 heavy (non-hydrogen) atoms. The largest absolute Gasteiger partial charge is 0.451 e. The van der Waals surface area contributed by atoms with E-state index < -0.39 is 0 Å². The van der Waals surface area contributed by atoms with Crippen molar-refractivity contribution < 1.29 is 18.7 Å². The molecule has 6 nitrogen and oxygen atoms in total. The molecule has 0 spiro atoms. The highest BCUT2D eigenvalue weighted by Gasteiger charge is 2.13. The molecule has 2 aromatic heterocycles. The van der Waals surface area contributed by atoms with E-state index in [4.69, 9.17) is 18.7 Å². The number of hydrogen-bond acceptors (Lipinski definition) is 7. The van der Waals surface area contributed by atoms with E-state index in [9.17, 15) is 0 Å². The van der Waals surface area contributed by atoms with E-state index in [1.807, 2.05) is 30.3 Å². The van der Waals surface area contributed by atoms with Crippen molar-refractivity contribution in [2.75, 3.05) is 25.6 Å². The number of furan rings is 1. The van der Waals surface area contributed by atoms with Gasteiger partial charge in [0.05, 0.1) is 19.8 Å². The van der Waals surface area contributed by atoms with Gasteiger partial charge in [0.15, 0.2) is 5.76 Å². The summed E-state index contributed by atoms with van der Waals surface area (Å²) in [5.74, 6) is 1.61. The fourth-order valence-corrected chi connectivity index (χ4v) is 2.42. The third-order valence-corrected chi connectivity index (χ3v) is 3.51. The summed E-state index contributed by atoms with van der Waals surface area (Å²) in [6, 6.07) is 9.60. The maximum atomic E-state index is 8.59. The van der Waals surface area contributed by atoms with E-state index in [1.165, 1.54) is 11.8 Å². The lowest BCUT2D eigenvalue weighted by molar-refractivity contribution is 0.103. The van der Waals surface area contributed by atoms with Gasteiger partial charge in [-0.25, -0.2) is 0 Å². The van der Waals surface area contributed by atoms with E-state index in [-0.39, 0.29) is 6.61 Å². The summed E-state index contributed by atoms with van der Waals surface area (Å²) in [6.45, 7) is 0.892. The zero-order valence-corrected chi connectivity index (χ0v) is 12.0. The Kier molecular flexibility index (Phi) is 4.54. The number of fused-ring (bicyclic) bond motifs is 1. The predicted octanol–water partition coefficient (Wildman–Crippen LogP) is 2.58. The van der Waals surface area contributed by atoms with E-state index in [0.717, 1.165) is 11.0 Å². The average Bonchev–Trinajstić information content (AvgIpc) is 3.13. The zero-order chi connectivity index (χ0) is 14.5. The Balaban J connectivity index is 1.64. The number of para-hydroxylation sites is 1. The summed E-state index contributed by atoms with van der Waals surface area (Å²) < 4.78 is 16.4. The maximum absolute atomic E-state index is 8.59. The molecule has 0 aliphatic carbocycles. The fraction of sp³-hybridized carbons (Fsp3) is 0.286. The maximum Gasteiger partial charge on any atom is 0.284 e. The quantitative estimate of drug-likeness (QED) is 0.530. The third kappa shape index (κ3) is 3.44. The number of ether oxygens (including phenoxy) is 1. The summed E-state index contributed by atoms with van der Waals surface area (Å²) >= 11 is 1.40. The lowest BCUT2D eigenvalue weighted by Crippen LogP contribution is -2.02. The van der Waals surface area contributed by atoms with Gasteiger partial charge >= 0.3 is 0 Å². The van der Waals surface area contributed by atoms with Crippen molar-refractivity contribution in [1.29, 1.82) is 0 Å². The minimum absolute atomic E-state index is 0.0292. The predicted molar refractivity (Wildman–Crippen MR) is 78.1 cm³/mol. The SMILES string of the molecule is OCCOCCSc1nnc(-c2cc3ccccc3o2)o1. The summed E-state index contributed by atoms with van der Waals surface area (Å²) in [6.07, 6.45) is 0. The molecule has 0 atom stereocenters. The van der Waals surface area contributed by atoms with Crippen molar-refractivity contribution in [3.8, 4) is 11.7 Å². The highest BCUT2D eigenvalue weighted by molar-refractivity contribution is 7.99. The molecule has 110 valence electrons. The van der Waals surface area contributed by atoms with Crippen LogP contribution >= 0.6 is 11.8 Å². The van der Waals surface area contributed by atoms with Crippen LogP contribution < -0.4 is 0 Å². The van der Waals surface area contributed by atoms with Crippen LogP contribution in [0.25, 0.3) is 22.6 Å². The molecular weight excluding hydrogens is 292 g/mol. The van der Waals surface area contributed by atoms with Crippen LogP contribution in [-0.2, 0) is 4.74 Å². The first kappa shape index (κ1) is 14.1. The van der Waals surface area contributed by atoms with Crippen LogP contribution in [0.3, 0.4) is 0 Å². The summed E-state index contributed by atoms with van der Waals surface area (Å²) in [4.78, 5) is 0. The Labute approximate surface area is 125 Å². The summed E-state index contributed by atoms with van der Waals surface area (Å²) in [5.41, 5.74) is 0.789. The molecule has 0 aliphatic heterocycles. The zero-order valence-electron chi connectivity index (χ0n) is 11.2. The monoisotopic (exact) mass is 306 g/mol. The number of thioether (sulfide) groups is 1. The summed E-state index contributed by atoms with van der Waals surface area (Å²) in [7, 11) is 0. The highest BCUT2D eigenvalue weighted by Crippen LogP contribution is 2.28. The second-order valence-electron chi connectivity index (χ2n) is 4.21. The molecule has 3 aromatic rings. The number of rotatable bonds is 7. The molecule has 0 radical (unpaired) electrons. The average molecular weight is 306 g/mol. The van der Waals surface area contributed by atoms with Gasteiger partial charge in [-0.05, 0) is 12.1 Å². The Hall–Kier alpha value is -1.83. The van der Waals surface area contributed by atoms with Gasteiger partial charge in [-0.2, -0.15) is 0 Å². The van der Waals surface area contributed by atoms with E-state index >= 15 is 0 Å². The second kappa shape index (κ2) is 6.75. The Morgan fingerprint density at radius 1 is 1.14 bits per heavy atom. The Morgan fingerprint density at radius 3 is 2.90 bits per heavy atom. The number of nitrogens with zero attached hydrogens (tertiary/aromatic N) is 2. The molecule has 2 heterocycles. The molecule has 0 unspecified atom stereocenters.